The monoisotopic (exact) mass is 345 g/mol. The SMILES string of the molecule is CN(Cc1ccccc1NC(=O)CC1COCCN1)C1CCCCC1. The molecule has 1 aromatic carbocycles. The molecule has 1 aromatic rings. The van der Waals surface area contributed by atoms with Crippen LogP contribution in [0, 0.1) is 0 Å². The smallest absolute Gasteiger partial charge is 0.226 e. The first kappa shape index (κ1) is 18.4. The lowest BCUT2D eigenvalue weighted by atomic mass is 9.94. The predicted molar refractivity (Wildman–Crippen MR) is 101 cm³/mol. The number of anilines is 1. The summed E-state index contributed by atoms with van der Waals surface area (Å²) in [6.45, 7) is 3.04. The van der Waals surface area contributed by atoms with Crippen LogP contribution in [0.4, 0.5) is 5.69 Å². The number of nitrogens with one attached hydrogen (secondary N) is 2. The highest BCUT2D eigenvalue weighted by Gasteiger charge is 2.20. The molecule has 1 aliphatic carbocycles. The Hall–Kier alpha value is -1.43. The minimum absolute atomic E-state index is 0.0516. The Balaban J connectivity index is 1.57. The van der Waals surface area contributed by atoms with E-state index in [1.807, 2.05) is 12.1 Å². The number of ether oxygens (including phenoxy) is 1. The van der Waals surface area contributed by atoms with Gasteiger partial charge in [0.1, 0.15) is 0 Å². The highest BCUT2D eigenvalue weighted by atomic mass is 16.5. The number of hydrogen-bond acceptors (Lipinski definition) is 4. The molecule has 0 aromatic heterocycles. The van der Waals surface area contributed by atoms with Crippen LogP contribution in [0.15, 0.2) is 24.3 Å². The number of nitrogens with zero attached hydrogens (tertiary/aromatic N) is 1. The summed E-state index contributed by atoms with van der Waals surface area (Å²) in [4.78, 5) is 14.8. The van der Waals surface area contributed by atoms with E-state index >= 15 is 0 Å². The number of benzene rings is 1. The van der Waals surface area contributed by atoms with Gasteiger partial charge in [-0.2, -0.15) is 0 Å². The maximum Gasteiger partial charge on any atom is 0.226 e. The van der Waals surface area contributed by atoms with E-state index in [4.69, 9.17) is 4.74 Å². The molecule has 5 nitrogen and oxygen atoms in total. The van der Waals surface area contributed by atoms with Crippen molar-refractivity contribution in [2.24, 2.45) is 0 Å². The Morgan fingerprint density at radius 2 is 2.08 bits per heavy atom. The zero-order valence-electron chi connectivity index (χ0n) is 15.3. The Kier molecular flexibility index (Phi) is 6.84. The molecule has 0 bridgehead atoms. The topological polar surface area (TPSA) is 53.6 Å². The number of para-hydroxylation sites is 1. The third-order valence-corrected chi connectivity index (χ3v) is 5.34. The van der Waals surface area contributed by atoms with Crippen LogP contribution in [0.2, 0.25) is 0 Å². The van der Waals surface area contributed by atoms with Gasteiger partial charge in [-0.3, -0.25) is 9.69 Å². The van der Waals surface area contributed by atoms with Gasteiger partial charge in [0, 0.05) is 37.3 Å². The Morgan fingerprint density at radius 1 is 1.28 bits per heavy atom. The first-order valence-corrected chi connectivity index (χ1v) is 9.61. The Labute approximate surface area is 151 Å². The summed E-state index contributed by atoms with van der Waals surface area (Å²) >= 11 is 0. The lowest BCUT2D eigenvalue weighted by Gasteiger charge is -2.31. The van der Waals surface area contributed by atoms with E-state index in [0.29, 0.717) is 19.1 Å². The average molecular weight is 345 g/mol. The van der Waals surface area contributed by atoms with Gasteiger partial charge in [-0.05, 0) is 31.5 Å². The molecule has 3 rings (SSSR count). The van der Waals surface area contributed by atoms with Crippen molar-refractivity contribution in [2.45, 2.75) is 57.2 Å². The van der Waals surface area contributed by atoms with Crippen LogP contribution in [0.1, 0.15) is 44.1 Å². The molecular formula is C20H31N3O2. The third-order valence-electron chi connectivity index (χ3n) is 5.34. The summed E-state index contributed by atoms with van der Waals surface area (Å²) in [5, 5.41) is 6.44. The molecule has 1 atom stereocenters. The second-order valence-corrected chi connectivity index (χ2v) is 7.34. The summed E-state index contributed by atoms with van der Waals surface area (Å²) < 4.78 is 5.43. The van der Waals surface area contributed by atoms with Gasteiger partial charge in [0.25, 0.3) is 0 Å². The first-order chi connectivity index (χ1) is 12.2. The molecule has 2 fully saturated rings. The van der Waals surface area contributed by atoms with E-state index in [9.17, 15) is 4.79 Å². The first-order valence-electron chi connectivity index (χ1n) is 9.61. The fourth-order valence-electron chi connectivity index (χ4n) is 3.88. The van der Waals surface area contributed by atoms with E-state index in [1.165, 1.54) is 37.7 Å². The minimum Gasteiger partial charge on any atom is -0.378 e. The van der Waals surface area contributed by atoms with Gasteiger partial charge in [-0.25, -0.2) is 0 Å². The van der Waals surface area contributed by atoms with Gasteiger partial charge < -0.3 is 15.4 Å². The minimum atomic E-state index is 0.0516. The predicted octanol–water partition coefficient (Wildman–Crippen LogP) is 2.77. The number of carbonyl (C=O) groups is 1. The van der Waals surface area contributed by atoms with Crippen molar-refractivity contribution in [1.82, 2.24) is 10.2 Å². The second-order valence-electron chi connectivity index (χ2n) is 7.34. The molecule has 1 unspecified atom stereocenters. The standard InChI is InChI=1S/C20H31N3O2/c1-23(18-8-3-2-4-9-18)14-16-7-5-6-10-19(16)22-20(24)13-17-15-25-12-11-21-17/h5-7,10,17-18,21H,2-4,8-9,11-15H2,1H3,(H,22,24). The lowest BCUT2D eigenvalue weighted by Crippen LogP contribution is -2.43. The maximum atomic E-state index is 12.4. The van der Waals surface area contributed by atoms with E-state index in [0.717, 1.165) is 25.4 Å². The summed E-state index contributed by atoms with van der Waals surface area (Å²) in [6.07, 6.45) is 7.08. The average Bonchev–Trinajstić information content (AvgIpc) is 2.65. The molecule has 1 saturated heterocycles. The van der Waals surface area contributed by atoms with Crippen molar-refractivity contribution in [3.8, 4) is 0 Å². The van der Waals surface area contributed by atoms with Crippen LogP contribution in [0.5, 0.6) is 0 Å². The molecule has 2 N–H and O–H groups in total. The number of morpholine rings is 1. The molecule has 0 spiro atoms. The fraction of sp³-hybridized carbons (Fsp3) is 0.650. The van der Waals surface area contributed by atoms with Gasteiger partial charge in [-0.15, -0.1) is 0 Å². The summed E-state index contributed by atoms with van der Waals surface area (Å²) in [5.41, 5.74) is 2.13. The van der Waals surface area contributed by atoms with Crippen molar-refractivity contribution < 1.29 is 9.53 Å². The molecule has 1 saturated carbocycles. The van der Waals surface area contributed by atoms with Gasteiger partial charge in [-0.1, -0.05) is 37.5 Å². The Bertz CT molecular complexity index is 552. The molecule has 2 aliphatic rings. The van der Waals surface area contributed by atoms with Gasteiger partial charge >= 0.3 is 0 Å². The zero-order chi connectivity index (χ0) is 17.5. The van der Waals surface area contributed by atoms with Crippen molar-refractivity contribution >= 4 is 11.6 Å². The zero-order valence-corrected chi connectivity index (χ0v) is 15.3. The molecule has 1 aliphatic heterocycles. The number of amides is 1. The summed E-state index contributed by atoms with van der Waals surface area (Å²) in [5.74, 6) is 0.0516. The van der Waals surface area contributed by atoms with Crippen LogP contribution in [0.3, 0.4) is 0 Å². The van der Waals surface area contributed by atoms with Crippen LogP contribution < -0.4 is 10.6 Å². The summed E-state index contributed by atoms with van der Waals surface area (Å²) in [7, 11) is 2.21. The molecule has 138 valence electrons. The third kappa shape index (κ3) is 5.53. The highest BCUT2D eigenvalue weighted by Crippen LogP contribution is 2.25. The van der Waals surface area contributed by atoms with Crippen molar-refractivity contribution in [3.05, 3.63) is 29.8 Å². The molecule has 0 radical (unpaired) electrons. The van der Waals surface area contributed by atoms with Gasteiger partial charge in [0.2, 0.25) is 5.91 Å². The van der Waals surface area contributed by atoms with E-state index in [-0.39, 0.29) is 11.9 Å². The molecule has 25 heavy (non-hydrogen) atoms. The van der Waals surface area contributed by atoms with Gasteiger partial charge in [0.15, 0.2) is 0 Å². The van der Waals surface area contributed by atoms with Crippen LogP contribution in [-0.4, -0.2) is 49.7 Å². The maximum absolute atomic E-state index is 12.4. The molecular weight excluding hydrogens is 314 g/mol. The normalized spacial score (nSPS) is 22.1. The van der Waals surface area contributed by atoms with Gasteiger partial charge in [0.05, 0.1) is 13.2 Å². The van der Waals surface area contributed by atoms with Crippen LogP contribution in [0.25, 0.3) is 0 Å². The largest absolute Gasteiger partial charge is 0.378 e. The van der Waals surface area contributed by atoms with Crippen LogP contribution >= 0.6 is 0 Å². The number of hydrogen-bond donors (Lipinski definition) is 2. The fourth-order valence-corrected chi connectivity index (χ4v) is 3.88. The Morgan fingerprint density at radius 3 is 2.84 bits per heavy atom. The van der Waals surface area contributed by atoms with Crippen molar-refractivity contribution in [2.75, 3.05) is 32.1 Å². The van der Waals surface area contributed by atoms with Crippen molar-refractivity contribution in [3.63, 3.8) is 0 Å². The van der Waals surface area contributed by atoms with E-state index < -0.39 is 0 Å². The quantitative estimate of drug-likeness (QED) is 0.832. The van der Waals surface area contributed by atoms with Crippen molar-refractivity contribution in [1.29, 1.82) is 0 Å². The van der Waals surface area contributed by atoms with E-state index in [1.54, 1.807) is 0 Å². The highest BCUT2D eigenvalue weighted by molar-refractivity contribution is 5.91. The van der Waals surface area contributed by atoms with E-state index in [2.05, 4.69) is 34.7 Å². The second kappa shape index (κ2) is 9.32. The van der Waals surface area contributed by atoms with Crippen LogP contribution in [-0.2, 0) is 16.1 Å². The number of rotatable bonds is 6. The molecule has 5 heteroatoms. The molecule has 1 amide bonds. The summed E-state index contributed by atoms with van der Waals surface area (Å²) in [6, 6.07) is 8.95. The molecule has 1 heterocycles. The number of carbonyl (C=O) groups excluding carboxylic acids is 1. The lowest BCUT2D eigenvalue weighted by molar-refractivity contribution is -0.117.